The first kappa shape index (κ1) is 13.7. The van der Waals surface area contributed by atoms with Crippen LogP contribution >= 0.6 is 0 Å². The van der Waals surface area contributed by atoms with Crippen LogP contribution in [0.3, 0.4) is 0 Å². The quantitative estimate of drug-likeness (QED) is 0.630. The number of fused-ring (bicyclic) bond motifs is 3. The molecule has 0 atom stereocenters. The van der Waals surface area contributed by atoms with Crippen LogP contribution in [0.5, 0.6) is 0 Å². The van der Waals surface area contributed by atoms with Crippen LogP contribution in [-0.2, 0) is 0 Å². The minimum atomic E-state index is -0.242. The zero-order chi connectivity index (χ0) is 16.1. The molecule has 1 aliphatic rings. The van der Waals surface area contributed by atoms with Crippen LogP contribution < -0.4 is 4.90 Å². The van der Waals surface area contributed by atoms with Gasteiger partial charge in [0, 0.05) is 0 Å². The molecule has 0 unspecified atom stereocenters. The Bertz CT molecular complexity index is 968. The number of hydrogen-bond acceptors (Lipinski definition) is 2. The molecule has 4 rings (SSSR count). The second-order valence-electron chi connectivity index (χ2n) is 5.90. The van der Waals surface area contributed by atoms with Crippen LogP contribution in [0, 0.1) is 13.8 Å². The second kappa shape index (κ2) is 4.78. The van der Waals surface area contributed by atoms with Gasteiger partial charge in [0.15, 0.2) is 0 Å². The van der Waals surface area contributed by atoms with Gasteiger partial charge < -0.3 is 0 Å². The summed E-state index contributed by atoms with van der Waals surface area (Å²) in [7, 11) is 0. The van der Waals surface area contributed by atoms with Crippen molar-refractivity contribution in [3.8, 4) is 0 Å². The van der Waals surface area contributed by atoms with E-state index in [1.807, 2.05) is 62.4 Å². The minimum absolute atomic E-state index is 0.237. The first-order valence-corrected chi connectivity index (χ1v) is 7.56. The summed E-state index contributed by atoms with van der Waals surface area (Å²) in [5.74, 6) is -0.479. The van der Waals surface area contributed by atoms with Gasteiger partial charge in [0.25, 0.3) is 11.8 Å². The van der Waals surface area contributed by atoms with Crippen molar-refractivity contribution in [2.75, 3.05) is 4.90 Å². The molecule has 0 aromatic heterocycles. The molecule has 1 heterocycles. The lowest BCUT2D eigenvalue weighted by molar-refractivity contribution is 0.0926. The van der Waals surface area contributed by atoms with Crippen molar-refractivity contribution in [1.29, 1.82) is 0 Å². The Labute approximate surface area is 134 Å². The number of carbonyl (C=O) groups is 2. The van der Waals surface area contributed by atoms with Crippen LogP contribution in [-0.4, -0.2) is 11.8 Å². The van der Waals surface area contributed by atoms with Gasteiger partial charge in [-0.15, -0.1) is 0 Å². The van der Waals surface area contributed by atoms with Crippen LogP contribution in [0.4, 0.5) is 5.69 Å². The number of amides is 2. The molecule has 0 fully saturated rings. The highest BCUT2D eigenvalue weighted by molar-refractivity contribution is 6.38. The Morgan fingerprint density at radius 2 is 1.43 bits per heavy atom. The number of anilines is 1. The second-order valence-corrected chi connectivity index (χ2v) is 5.90. The smallest absolute Gasteiger partial charge is 0.266 e. The van der Waals surface area contributed by atoms with Crippen molar-refractivity contribution in [2.24, 2.45) is 0 Å². The predicted octanol–water partition coefficient (Wildman–Crippen LogP) is 4.26. The highest BCUT2D eigenvalue weighted by Crippen LogP contribution is 2.36. The molecule has 0 spiro atoms. The van der Waals surface area contributed by atoms with Crippen molar-refractivity contribution in [3.63, 3.8) is 0 Å². The number of aryl methyl sites for hydroxylation is 2. The van der Waals surface area contributed by atoms with E-state index < -0.39 is 0 Å². The molecule has 2 amide bonds. The summed E-state index contributed by atoms with van der Waals surface area (Å²) >= 11 is 0. The molecule has 112 valence electrons. The van der Waals surface area contributed by atoms with E-state index >= 15 is 0 Å². The van der Waals surface area contributed by atoms with Gasteiger partial charge in [-0.2, -0.15) is 0 Å². The average molecular weight is 301 g/mol. The van der Waals surface area contributed by atoms with Crippen LogP contribution in [0.2, 0.25) is 0 Å². The van der Waals surface area contributed by atoms with E-state index in [-0.39, 0.29) is 11.8 Å². The number of imide groups is 1. The Balaban J connectivity index is 1.99. The lowest BCUT2D eigenvalue weighted by Gasteiger charge is -2.19. The number of para-hydroxylation sites is 1. The molecule has 3 aromatic rings. The van der Waals surface area contributed by atoms with Gasteiger partial charge in [-0.1, -0.05) is 48.5 Å². The first-order valence-electron chi connectivity index (χ1n) is 7.56. The van der Waals surface area contributed by atoms with E-state index in [1.54, 1.807) is 6.07 Å². The van der Waals surface area contributed by atoms with Crippen molar-refractivity contribution in [2.45, 2.75) is 13.8 Å². The normalized spacial score (nSPS) is 13.7. The fourth-order valence-electron chi connectivity index (χ4n) is 3.37. The molecular weight excluding hydrogens is 286 g/mol. The van der Waals surface area contributed by atoms with Gasteiger partial charge >= 0.3 is 0 Å². The highest BCUT2D eigenvalue weighted by Gasteiger charge is 2.39. The fraction of sp³-hybridized carbons (Fsp3) is 0.100. The summed E-state index contributed by atoms with van der Waals surface area (Å²) in [5.41, 5.74) is 3.53. The third kappa shape index (κ3) is 1.83. The van der Waals surface area contributed by atoms with E-state index in [0.29, 0.717) is 16.8 Å². The fourth-order valence-corrected chi connectivity index (χ4v) is 3.37. The molecular formula is C20H15NO2. The van der Waals surface area contributed by atoms with Crippen LogP contribution in [0.1, 0.15) is 31.8 Å². The minimum Gasteiger partial charge on any atom is -0.268 e. The molecule has 1 aliphatic heterocycles. The number of carbonyl (C=O) groups excluding carboxylic acids is 2. The summed E-state index contributed by atoms with van der Waals surface area (Å²) in [4.78, 5) is 27.2. The van der Waals surface area contributed by atoms with Gasteiger partial charge in [-0.25, -0.2) is 4.90 Å². The molecule has 0 N–H and O–H groups in total. The van der Waals surface area contributed by atoms with Crippen molar-refractivity contribution in [3.05, 3.63) is 76.9 Å². The zero-order valence-corrected chi connectivity index (χ0v) is 13.0. The summed E-state index contributed by atoms with van der Waals surface area (Å²) < 4.78 is 0. The Morgan fingerprint density at radius 3 is 2.17 bits per heavy atom. The van der Waals surface area contributed by atoms with Crippen LogP contribution in [0.15, 0.2) is 54.6 Å². The summed E-state index contributed by atoms with van der Waals surface area (Å²) in [6, 6.07) is 17.1. The SMILES string of the molecule is Cc1cccc(C)c1N1C(=O)c2ccc3ccccc3c2C1=O. The molecule has 23 heavy (non-hydrogen) atoms. The number of rotatable bonds is 1. The van der Waals surface area contributed by atoms with Gasteiger partial charge in [0.2, 0.25) is 0 Å². The topological polar surface area (TPSA) is 37.4 Å². The van der Waals surface area contributed by atoms with Crippen molar-refractivity contribution < 1.29 is 9.59 Å². The Kier molecular flexibility index (Phi) is 2.85. The lowest BCUT2D eigenvalue weighted by Crippen LogP contribution is -2.30. The Hall–Kier alpha value is -2.94. The van der Waals surface area contributed by atoms with E-state index in [1.165, 1.54) is 4.90 Å². The number of nitrogens with zero attached hydrogens (tertiary/aromatic N) is 1. The molecule has 0 bridgehead atoms. The molecule has 3 aromatic carbocycles. The molecule has 3 heteroatoms. The van der Waals surface area contributed by atoms with E-state index in [0.717, 1.165) is 21.9 Å². The zero-order valence-electron chi connectivity index (χ0n) is 13.0. The average Bonchev–Trinajstić information content (AvgIpc) is 2.80. The van der Waals surface area contributed by atoms with Crippen molar-refractivity contribution in [1.82, 2.24) is 0 Å². The largest absolute Gasteiger partial charge is 0.268 e. The van der Waals surface area contributed by atoms with E-state index in [4.69, 9.17) is 0 Å². The standard InChI is InChI=1S/C20H15NO2/c1-12-6-5-7-13(2)18(12)21-19(22)16-11-10-14-8-3-4-9-15(14)17(16)20(21)23/h3-11H,1-2H3. The van der Waals surface area contributed by atoms with E-state index in [9.17, 15) is 9.59 Å². The molecule has 0 saturated heterocycles. The van der Waals surface area contributed by atoms with Gasteiger partial charge in [-0.05, 0) is 41.8 Å². The van der Waals surface area contributed by atoms with Gasteiger partial charge in [0.1, 0.15) is 0 Å². The maximum absolute atomic E-state index is 13.0. The van der Waals surface area contributed by atoms with Gasteiger partial charge in [0.05, 0.1) is 16.8 Å². The summed E-state index contributed by atoms with van der Waals surface area (Å²) in [6.07, 6.45) is 0. The lowest BCUT2D eigenvalue weighted by atomic mass is 10.0. The van der Waals surface area contributed by atoms with Crippen molar-refractivity contribution >= 4 is 28.3 Å². The van der Waals surface area contributed by atoms with Crippen LogP contribution in [0.25, 0.3) is 10.8 Å². The summed E-state index contributed by atoms with van der Waals surface area (Å²) in [5, 5.41) is 1.80. The molecule has 0 radical (unpaired) electrons. The third-order valence-corrected chi connectivity index (χ3v) is 4.44. The molecule has 0 saturated carbocycles. The third-order valence-electron chi connectivity index (χ3n) is 4.44. The van der Waals surface area contributed by atoms with E-state index in [2.05, 4.69) is 0 Å². The maximum atomic E-state index is 13.0. The highest BCUT2D eigenvalue weighted by atomic mass is 16.2. The number of hydrogen-bond donors (Lipinski definition) is 0. The van der Waals surface area contributed by atoms with Gasteiger partial charge in [-0.3, -0.25) is 9.59 Å². The predicted molar refractivity (Wildman–Crippen MR) is 91.0 cm³/mol. The number of benzene rings is 3. The molecule has 3 nitrogen and oxygen atoms in total. The molecule has 0 aliphatic carbocycles. The Morgan fingerprint density at radius 1 is 0.739 bits per heavy atom. The monoisotopic (exact) mass is 301 g/mol. The summed E-state index contributed by atoms with van der Waals surface area (Å²) in [6.45, 7) is 3.84. The first-order chi connectivity index (χ1) is 11.1. The maximum Gasteiger partial charge on any atom is 0.266 e.